The largest absolute Gasteiger partial charge is 0.393 e. The number of halogens is 1. The number of nitrogens with zero attached hydrogens (tertiary/aromatic N) is 7. The monoisotopic (exact) mass is 722 g/mol. The molecular weight excluding hydrogens is 697 g/mol. The summed E-state index contributed by atoms with van der Waals surface area (Å²) in [5, 5.41) is 10.6. The van der Waals surface area contributed by atoms with Gasteiger partial charge in [0.2, 0.25) is 5.95 Å². The minimum Gasteiger partial charge on any atom is -0.393 e. The highest BCUT2D eigenvalue weighted by atomic mass is 32.7. The van der Waals surface area contributed by atoms with E-state index < -0.39 is 81.4 Å². The summed E-state index contributed by atoms with van der Waals surface area (Å²) in [6.45, 7) is -10.9. The summed E-state index contributed by atoms with van der Waals surface area (Å²) >= 11 is 9.30. The van der Waals surface area contributed by atoms with Gasteiger partial charge in [-0.2, -0.15) is 4.98 Å². The molecule has 7 N–H and O–H groups in total. The van der Waals surface area contributed by atoms with Crippen LogP contribution in [-0.4, -0.2) is 98.9 Å². The van der Waals surface area contributed by atoms with Crippen molar-refractivity contribution in [3.8, 4) is 0 Å². The third-order valence-corrected chi connectivity index (χ3v) is 10.9. The second-order valence-corrected chi connectivity index (χ2v) is 16.2. The van der Waals surface area contributed by atoms with E-state index in [1.54, 1.807) is 0 Å². The number of nitrogens with two attached hydrogens (primary N) is 2. The average molecular weight is 723 g/mol. The number of aromatic nitrogens is 8. The van der Waals surface area contributed by atoms with Gasteiger partial charge in [-0.15, -0.1) is 0 Å². The highest BCUT2D eigenvalue weighted by Crippen LogP contribution is 2.60. The van der Waals surface area contributed by atoms with Crippen molar-refractivity contribution in [2.24, 2.45) is 0 Å². The van der Waals surface area contributed by atoms with E-state index in [4.69, 9.17) is 50.8 Å². The van der Waals surface area contributed by atoms with Crippen molar-refractivity contribution in [1.82, 2.24) is 39.0 Å². The van der Waals surface area contributed by atoms with Crippen molar-refractivity contribution in [3.05, 3.63) is 29.3 Å². The molecule has 4 aromatic heterocycles. The van der Waals surface area contributed by atoms with Gasteiger partial charge in [0.1, 0.15) is 42.0 Å². The molecule has 0 saturated carbocycles. The summed E-state index contributed by atoms with van der Waals surface area (Å²) < 4.78 is 66.8. The molecule has 20 nitrogen and oxygen atoms in total. The summed E-state index contributed by atoms with van der Waals surface area (Å²) in [5.41, 5.74) is 9.44. The van der Waals surface area contributed by atoms with E-state index in [-0.39, 0.29) is 34.9 Å². The molecule has 3 fully saturated rings. The zero-order chi connectivity index (χ0) is 32.6. The van der Waals surface area contributed by atoms with Crippen LogP contribution >= 0.6 is 25.8 Å². The molecule has 3 aliphatic rings. The van der Waals surface area contributed by atoms with Gasteiger partial charge >= 0.3 is 13.5 Å². The molecule has 0 amide bonds. The van der Waals surface area contributed by atoms with Gasteiger partial charge < -0.3 is 40.0 Å². The van der Waals surface area contributed by atoms with Crippen molar-refractivity contribution in [2.45, 2.75) is 49.0 Å². The van der Waals surface area contributed by atoms with Crippen LogP contribution < -0.4 is 17.0 Å². The number of aromatic amines is 1. The van der Waals surface area contributed by atoms with Crippen LogP contribution in [0.2, 0.25) is 0 Å². The van der Waals surface area contributed by atoms with Gasteiger partial charge in [-0.25, -0.2) is 28.9 Å². The van der Waals surface area contributed by atoms with Crippen molar-refractivity contribution in [2.75, 3.05) is 31.3 Å². The highest BCUT2D eigenvalue weighted by molar-refractivity contribution is 8.44. The Bertz CT molecular complexity index is 1980. The summed E-state index contributed by atoms with van der Waals surface area (Å²) in [6, 6.07) is 0. The molecule has 7 heterocycles. The Labute approximate surface area is 266 Å². The van der Waals surface area contributed by atoms with Crippen LogP contribution in [0.1, 0.15) is 18.9 Å². The number of rotatable bonds is 3. The van der Waals surface area contributed by atoms with Gasteiger partial charge in [0.15, 0.2) is 35.0 Å². The number of hydrogen-bond donors (Lipinski definition) is 6. The zero-order valence-electron chi connectivity index (χ0n) is 23.1. The van der Waals surface area contributed by atoms with E-state index in [0.29, 0.717) is 5.65 Å². The van der Waals surface area contributed by atoms with Gasteiger partial charge in [0.05, 0.1) is 32.5 Å². The quantitative estimate of drug-likeness (QED) is 0.121. The minimum atomic E-state index is -4.51. The first-order chi connectivity index (χ1) is 21.8. The van der Waals surface area contributed by atoms with Crippen molar-refractivity contribution < 1.29 is 46.5 Å². The lowest BCUT2D eigenvalue weighted by molar-refractivity contribution is -0.143. The van der Waals surface area contributed by atoms with Crippen LogP contribution in [0.5, 0.6) is 0 Å². The molecule has 9 atom stereocenters. The average Bonchev–Trinajstić information content (AvgIpc) is 3.76. The Morgan fingerprint density at radius 3 is 2.70 bits per heavy atom. The number of nitrogens with one attached hydrogen (secondary N) is 1. The number of H-pyrrole nitrogens is 1. The first-order valence-electron chi connectivity index (χ1n) is 13.3. The first-order valence-corrected chi connectivity index (χ1v) is 18.6. The van der Waals surface area contributed by atoms with E-state index in [1.165, 1.54) is 17.2 Å². The van der Waals surface area contributed by atoms with E-state index in [0.717, 1.165) is 10.9 Å². The first kappa shape index (κ1) is 31.9. The highest BCUT2D eigenvalue weighted by Gasteiger charge is 2.56. The summed E-state index contributed by atoms with van der Waals surface area (Å²) in [6.07, 6.45) is -5.22. The van der Waals surface area contributed by atoms with Gasteiger partial charge in [0, 0.05) is 6.42 Å². The Hall–Kier alpha value is -2.66. The van der Waals surface area contributed by atoms with Gasteiger partial charge in [-0.05, 0) is 11.8 Å². The zero-order valence-corrected chi connectivity index (χ0v) is 26.6. The molecule has 0 aromatic carbocycles. The van der Waals surface area contributed by atoms with E-state index >= 15 is 4.39 Å². The smallest absolute Gasteiger partial charge is 0.386 e. The standard InChI is InChI=1S/C21H25FN10O10P2S2/c22-11-8-2-37-43(35,45)41-9-1-10(31-6-27-12-15(23)25-5-26-16(12)31)40-21(9,3-33)4-38-44(36,46)42-14(11)19(39-8)32-7-28-13-17(32)29-20(24)30-18(13)34/h5-11,14,19,33H,1-4H2,(H,35,45)(H,36,46)(H2,23,25,26)(H3,24,29,30,34)/t8-,9+,10-,11-,14-,19-,21-,43?,44?/m1/s1. The molecular formula is C21H25FN10O10P2S2. The Kier molecular flexibility index (Phi) is 7.98. The van der Waals surface area contributed by atoms with Crippen LogP contribution in [0.25, 0.3) is 22.3 Å². The molecule has 7 rings (SSSR count). The molecule has 2 bridgehead atoms. The maximum absolute atomic E-state index is 15.9. The lowest BCUT2D eigenvalue weighted by Gasteiger charge is -2.34. The second-order valence-electron chi connectivity index (χ2n) is 10.6. The van der Waals surface area contributed by atoms with Crippen LogP contribution in [0.4, 0.5) is 16.2 Å². The maximum atomic E-state index is 15.9. The topological polar surface area (TPSA) is 272 Å². The Balaban J connectivity index is 1.23. The minimum absolute atomic E-state index is 0.0708. The summed E-state index contributed by atoms with van der Waals surface area (Å²) in [7, 11) is 0. The Morgan fingerprint density at radius 1 is 1.15 bits per heavy atom. The van der Waals surface area contributed by atoms with E-state index in [2.05, 4.69) is 42.2 Å². The fraction of sp³-hybridized carbons (Fsp3) is 0.524. The molecule has 248 valence electrons. The number of fused-ring (bicyclic) bond motifs is 5. The van der Waals surface area contributed by atoms with Gasteiger partial charge in [-0.1, -0.05) is 12.2 Å². The number of nitrogen functional groups attached to an aromatic ring is 2. The summed E-state index contributed by atoms with van der Waals surface area (Å²) in [4.78, 5) is 46.1. The molecule has 4 aromatic rings. The van der Waals surface area contributed by atoms with Crippen molar-refractivity contribution in [1.29, 1.82) is 0 Å². The third kappa shape index (κ3) is 5.53. The van der Waals surface area contributed by atoms with E-state index in [9.17, 15) is 19.4 Å². The lowest BCUT2D eigenvalue weighted by Crippen LogP contribution is -2.48. The fourth-order valence-electron chi connectivity index (χ4n) is 5.52. The number of anilines is 2. The lowest BCUT2D eigenvalue weighted by atomic mass is 9.99. The van der Waals surface area contributed by atoms with Gasteiger partial charge in [0.25, 0.3) is 5.56 Å². The number of alkyl halides is 1. The number of imidazole rings is 2. The third-order valence-electron chi connectivity index (χ3n) is 7.72. The molecule has 0 aliphatic carbocycles. The molecule has 3 saturated heterocycles. The number of thiol groups is 1. The van der Waals surface area contributed by atoms with Crippen LogP contribution in [-0.2, 0) is 43.9 Å². The number of aliphatic hydroxyl groups is 1. The number of aliphatic hydroxyl groups excluding tert-OH is 1. The molecule has 0 radical (unpaired) electrons. The van der Waals surface area contributed by atoms with Crippen LogP contribution in [0.15, 0.2) is 23.8 Å². The fourth-order valence-corrected chi connectivity index (χ4v) is 8.48. The predicted octanol–water partition coefficient (Wildman–Crippen LogP) is 0.0813. The molecule has 2 unspecified atom stereocenters. The Morgan fingerprint density at radius 2 is 1.91 bits per heavy atom. The molecule has 25 heteroatoms. The van der Waals surface area contributed by atoms with E-state index in [1.807, 2.05) is 0 Å². The second kappa shape index (κ2) is 11.5. The summed E-state index contributed by atoms with van der Waals surface area (Å²) in [5.74, 6) is -0.141. The maximum Gasteiger partial charge on any atom is 0.386 e. The molecule has 0 spiro atoms. The molecule has 46 heavy (non-hydrogen) atoms. The normalized spacial score (nSPS) is 37.1. The number of ether oxygens (including phenoxy) is 2. The molecule has 3 aliphatic heterocycles. The van der Waals surface area contributed by atoms with Gasteiger partial charge in [-0.3, -0.25) is 28.0 Å². The van der Waals surface area contributed by atoms with Crippen molar-refractivity contribution in [3.63, 3.8) is 0 Å². The SMILES string of the molecule is Nc1nc2c(ncn2[C@@H]2O[C@@H]3COP(O)(=S)O[C@H]4C[C@H](n5cnc6c(N)ncnc65)O[C@]4(CO)COP(=O)(S)O[C@@H]2[C@@H]3F)c(=O)[nH]1. The van der Waals surface area contributed by atoms with Crippen LogP contribution in [0, 0.1) is 0 Å². The van der Waals surface area contributed by atoms with Crippen LogP contribution in [0.3, 0.4) is 0 Å². The number of hydrogen-bond acceptors (Lipinski definition) is 17. The van der Waals surface area contributed by atoms with Crippen molar-refractivity contribution >= 4 is 71.7 Å². The predicted molar refractivity (Wildman–Crippen MR) is 160 cm³/mol.